The summed E-state index contributed by atoms with van der Waals surface area (Å²) in [4.78, 5) is 0. The smallest absolute Gasteiger partial charge is 0.0510 e. The van der Waals surface area contributed by atoms with Crippen molar-refractivity contribution in [3.8, 4) is 0 Å². The van der Waals surface area contributed by atoms with E-state index < -0.39 is 0 Å². The molecule has 0 amide bonds. The van der Waals surface area contributed by atoms with E-state index in [0.29, 0.717) is 18.0 Å². The summed E-state index contributed by atoms with van der Waals surface area (Å²) >= 11 is 0. The van der Waals surface area contributed by atoms with Gasteiger partial charge < -0.3 is 14.8 Å². The second kappa shape index (κ2) is 5.99. The molecule has 4 atom stereocenters. The van der Waals surface area contributed by atoms with Gasteiger partial charge in [-0.2, -0.15) is 0 Å². The van der Waals surface area contributed by atoms with Crippen molar-refractivity contribution in [2.24, 2.45) is 11.8 Å². The molecule has 16 heavy (non-hydrogen) atoms. The fraction of sp³-hybridized carbons (Fsp3) is 1.00. The molecule has 1 N–H and O–H groups in total. The molecule has 0 aliphatic carbocycles. The van der Waals surface area contributed by atoms with Crippen LogP contribution in [0.25, 0.3) is 0 Å². The Hall–Kier alpha value is -0.120. The first-order chi connectivity index (χ1) is 7.81. The third-order valence-corrected chi connectivity index (χ3v) is 4.12. The average molecular weight is 227 g/mol. The van der Waals surface area contributed by atoms with Gasteiger partial charge in [0.05, 0.1) is 13.2 Å². The monoisotopic (exact) mass is 227 g/mol. The lowest BCUT2D eigenvalue weighted by Gasteiger charge is -2.29. The Kier molecular flexibility index (Phi) is 4.62. The Morgan fingerprint density at radius 3 is 2.25 bits per heavy atom. The van der Waals surface area contributed by atoms with Gasteiger partial charge in [0, 0.05) is 25.3 Å². The molecule has 4 unspecified atom stereocenters. The standard InChI is InChI=1S/C13H25NO2/c1-3-13(12-5-7-16-9-12)14-10(2)11-4-6-15-8-11/h10-14H,3-9H2,1-2H3. The van der Waals surface area contributed by atoms with Crippen LogP contribution in [0.4, 0.5) is 0 Å². The molecule has 2 heterocycles. The topological polar surface area (TPSA) is 30.5 Å². The van der Waals surface area contributed by atoms with E-state index >= 15 is 0 Å². The molecule has 0 aromatic rings. The quantitative estimate of drug-likeness (QED) is 0.777. The molecule has 0 bridgehead atoms. The van der Waals surface area contributed by atoms with Crippen molar-refractivity contribution < 1.29 is 9.47 Å². The molecule has 0 radical (unpaired) electrons. The lowest BCUT2D eigenvalue weighted by molar-refractivity contribution is 0.162. The first-order valence-corrected chi connectivity index (χ1v) is 6.72. The van der Waals surface area contributed by atoms with Crippen LogP contribution in [0.1, 0.15) is 33.1 Å². The summed E-state index contributed by atoms with van der Waals surface area (Å²) in [5.41, 5.74) is 0. The van der Waals surface area contributed by atoms with E-state index in [1.165, 1.54) is 19.3 Å². The van der Waals surface area contributed by atoms with Crippen molar-refractivity contribution in [2.45, 2.75) is 45.2 Å². The van der Waals surface area contributed by atoms with Gasteiger partial charge in [-0.3, -0.25) is 0 Å². The lowest BCUT2D eigenvalue weighted by atomic mass is 9.93. The summed E-state index contributed by atoms with van der Waals surface area (Å²) in [7, 11) is 0. The number of rotatable bonds is 5. The van der Waals surface area contributed by atoms with Gasteiger partial charge in [-0.15, -0.1) is 0 Å². The van der Waals surface area contributed by atoms with E-state index in [-0.39, 0.29) is 0 Å². The van der Waals surface area contributed by atoms with Crippen LogP contribution in [0, 0.1) is 11.8 Å². The highest BCUT2D eigenvalue weighted by molar-refractivity contribution is 4.84. The van der Waals surface area contributed by atoms with E-state index in [9.17, 15) is 0 Å². The first kappa shape index (κ1) is 12.3. The van der Waals surface area contributed by atoms with Crippen LogP contribution in [-0.2, 0) is 9.47 Å². The molecule has 2 rings (SSSR count). The maximum atomic E-state index is 5.48. The predicted octanol–water partition coefficient (Wildman–Crippen LogP) is 1.82. The summed E-state index contributed by atoms with van der Waals surface area (Å²) in [6.45, 7) is 8.35. The van der Waals surface area contributed by atoms with Gasteiger partial charge in [0.25, 0.3) is 0 Å². The number of nitrogens with one attached hydrogen (secondary N) is 1. The fourth-order valence-corrected chi connectivity index (χ4v) is 2.88. The van der Waals surface area contributed by atoms with E-state index in [1.54, 1.807) is 0 Å². The maximum absolute atomic E-state index is 5.48. The number of ether oxygens (including phenoxy) is 2. The van der Waals surface area contributed by atoms with Crippen LogP contribution in [0.5, 0.6) is 0 Å². The van der Waals surface area contributed by atoms with Crippen LogP contribution >= 0.6 is 0 Å². The van der Waals surface area contributed by atoms with Crippen molar-refractivity contribution in [1.29, 1.82) is 0 Å². The van der Waals surface area contributed by atoms with Crippen molar-refractivity contribution >= 4 is 0 Å². The van der Waals surface area contributed by atoms with Gasteiger partial charge in [-0.25, -0.2) is 0 Å². The highest BCUT2D eigenvalue weighted by Crippen LogP contribution is 2.22. The SMILES string of the molecule is CCC(NC(C)C1CCOC1)C1CCOC1. The molecule has 3 nitrogen and oxygen atoms in total. The molecular formula is C13H25NO2. The molecular weight excluding hydrogens is 202 g/mol. The van der Waals surface area contributed by atoms with E-state index in [0.717, 1.165) is 32.3 Å². The molecule has 0 saturated carbocycles. The minimum Gasteiger partial charge on any atom is -0.381 e. The van der Waals surface area contributed by atoms with Crippen LogP contribution < -0.4 is 5.32 Å². The predicted molar refractivity (Wildman–Crippen MR) is 64.5 cm³/mol. The van der Waals surface area contributed by atoms with Crippen LogP contribution in [-0.4, -0.2) is 38.5 Å². The normalized spacial score (nSPS) is 34.1. The molecule has 3 heteroatoms. The summed E-state index contributed by atoms with van der Waals surface area (Å²) in [5.74, 6) is 1.42. The molecule has 0 aromatic carbocycles. The van der Waals surface area contributed by atoms with E-state index in [4.69, 9.17) is 9.47 Å². The Labute approximate surface area is 98.9 Å². The molecule has 2 aliphatic heterocycles. The Balaban J connectivity index is 1.80. The average Bonchev–Trinajstić information content (AvgIpc) is 2.96. The van der Waals surface area contributed by atoms with Gasteiger partial charge >= 0.3 is 0 Å². The van der Waals surface area contributed by atoms with Crippen molar-refractivity contribution in [3.63, 3.8) is 0 Å². The summed E-state index contributed by atoms with van der Waals surface area (Å²) in [5, 5.41) is 3.79. The number of hydrogen-bond acceptors (Lipinski definition) is 3. The van der Waals surface area contributed by atoms with Gasteiger partial charge in [0.1, 0.15) is 0 Å². The molecule has 2 saturated heterocycles. The second-order valence-corrected chi connectivity index (χ2v) is 5.22. The third kappa shape index (κ3) is 2.96. The minimum absolute atomic E-state index is 0.577. The fourth-order valence-electron chi connectivity index (χ4n) is 2.88. The highest BCUT2D eigenvalue weighted by atomic mass is 16.5. The van der Waals surface area contributed by atoms with Crippen molar-refractivity contribution in [2.75, 3.05) is 26.4 Å². The Bertz CT molecular complexity index is 198. The summed E-state index contributed by atoms with van der Waals surface area (Å²) in [6.07, 6.45) is 3.64. The molecule has 94 valence electrons. The van der Waals surface area contributed by atoms with Gasteiger partial charge in [0.15, 0.2) is 0 Å². The van der Waals surface area contributed by atoms with Crippen LogP contribution in [0.3, 0.4) is 0 Å². The minimum atomic E-state index is 0.577. The maximum Gasteiger partial charge on any atom is 0.0510 e. The van der Waals surface area contributed by atoms with Gasteiger partial charge in [-0.05, 0) is 38.0 Å². The summed E-state index contributed by atoms with van der Waals surface area (Å²) in [6, 6.07) is 1.20. The summed E-state index contributed by atoms with van der Waals surface area (Å²) < 4.78 is 10.9. The van der Waals surface area contributed by atoms with Crippen molar-refractivity contribution in [3.05, 3.63) is 0 Å². The Morgan fingerprint density at radius 1 is 1.12 bits per heavy atom. The zero-order valence-corrected chi connectivity index (χ0v) is 10.6. The lowest BCUT2D eigenvalue weighted by Crippen LogP contribution is -2.45. The highest BCUT2D eigenvalue weighted by Gasteiger charge is 2.29. The van der Waals surface area contributed by atoms with Crippen molar-refractivity contribution in [1.82, 2.24) is 5.32 Å². The van der Waals surface area contributed by atoms with Gasteiger partial charge in [-0.1, -0.05) is 6.92 Å². The van der Waals surface area contributed by atoms with Crippen LogP contribution in [0.2, 0.25) is 0 Å². The molecule has 2 aliphatic rings. The molecule has 2 fully saturated rings. The third-order valence-electron chi connectivity index (χ3n) is 4.12. The van der Waals surface area contributed by atoms with Gasteiger partial charge in [0.2, 0.25) is 0 Å². The first-order valence-electron chi connectivity index (χ1n) is 6.72. The van der Waals surface area contributed by atoms with E-state index in [1.807, 2.05) is 0 Å². The molecule has 0 aromatic heterocycles. The zero-order valence-electron chi connectivity index (χ0n) is 10.6. The van der Waals surface area contributed by atoms with Crippen LogP contribution in [0.15, 0.2) is 0 Å². The second-order valence-electron chi connectivity index (χ2n) is 5.22. The number of hydrogen-bond donors (Lipinski definition) is 1. The van der Waals surface area contributed by atoms with E-state index in [2.05, 4.69) is 19.2 Å². The Morgan fingerprint density at radius 2 is 1.75 bits per heavy atom. The largest absolute Gasteiger partial charge is 0.381 e. The zero-order chi connectivity index (χ0) is 11.4. The molecule has 0 spiro atoms.